The normalized spacial score (nSPS) is 15.4. The number of aliphatic hydroxyl groups excluding tert-OH is 1. The summed E-state index contributed by atoms with van der Waals surface area (Å²) in [5.74, 6) is -4.41. The Bertz CT molecular complexity index is 873. The van der Waals surface area contributed by atoms with Crippen LogP contribution < -0.4 is 27.4 Å². The highest BCUT2D eigenvalue weighted by Gasteiger charge is 2.33. The van der Waals surface area contributed by atoms with E-state index in [-0.39, 0.29) is 25.2 Å². The van der Waals surface area contributed by atoms with Gasteiger partial charge in [-0.1, -0.05) is 13.8 Å². The van der Waals surface area contributed by atoms with Crippen LogP contribution in [0.3, 0.4) is 0 Å². The van der Waals surface area contributed by atoms with E-state index in [4.69, 9.17) is 11.5 Å². The SMILES string of the molecule is CC(C)CC(N)C(=O)NC(Cc1cnc[nH]1)C(=O)NC(C(=O)NC(CCC(N)=O)C(=O)O)C(C)O. The van der Waals surface area contributed by atoms with Gasteiger partial charge < -0.3 is 42.6 Å². The van der Waals surface area contributed by atoms with Crippen molar-refractivity contribution < 1.29 is 34.2 Å². The summed E-state index contributed by atoms with van der Waals surface area (Å²) in [7, 11) is 0. The van der Waals surface area contributed by atoms with Gasteiger partial charge in [0.15, 0.2) is 0 Å². The Labute approximate surface area is 202 Å². The quantitative estimate of drug-likeness (QED) is 0.128. The molecule has 0 aliphatic carbocycles. The van der Waals surface area contributed by atoms with Crippen molar-refractivity contribution in [3.8, 4) is 0 Å². The van der Waals surface area contributed by atoms with Crippen LogP contribution in [0.25, 0.3) is 0 Å². The number of H-pyrrole nitrogens is 1. The summed E-state index contributed by atoms with van der Waals surface area (Å²) in [5.41, 5.74) is 11.5. The Hall–Kier alpha value is -3.52. The topological polar surface area (TPSA) is 243 Å². The van der Waals surface area contributed by atoms with Gasteiger partial charge in [-0.05, 0) is 25.7 Å². The Morgan fingerprint density at radius 3 is 2.14 bits per heavy atom. The molecule has 35 heavy (non-hydrogen) atoms. The van der Waals surface area contributed by atoms with E-state index in [0.29, 0.717) is 12.1 Å². The van der Waals surface area contributed by atoms with Crippen LogP contribution in [-0.4, -0.2) is 80.1 Å². The maximum absolute atomic E-state index is 13.0. The van der Waals surface area contributed by atoms with Crippen molar-refractivity contribution in [3.63, 3.8) is 0 Å². The second-order valence-electron chi connectivity index (χ2n) is 8.71. The second-order valence-corrected chi connectivity index (χ2v) is 8.71. The highest BCUT2D eigenvalue weighted by atomic mass is 16.4. The zero-order valence-corrected chi connectivity index (χ0v) is 20.0. The Kier molecular flexibility index (Phi) is 11.8. The number of carboxylic acid groups (broad SMARTS) is 1. The van der Waals surface area contributed by atoms with Crippen molar-refractivity contribution in [2.45, 2.75) is 76.7 Å². The minimum absolute atomic E-state index is 0.0174. The molecule has 0 aliphatic heterocycles. The third-order valence-corrected chi connectivity index (χ3v) is 5.03. The first-order chi connectivity index (χ1) is 16.3. The number of amides is 4. The summed E-state index contributed by atoms with van der Waals surface area (Å²) >= 11 is 0. The average Bonchev–Trinajstić information content (AvgIpc) is 3.26. The molecule has 0 aliphatic rings. The van der Waals surface area contributed by atoms with Crippen LogP contribution in [0.1, 0.15) is 45.7 Å². The number of carbonyl (C=O) groups excluding carboxylic acids is 4. The summed E-state index contributed by atoms with van der Waals surface area (Å²) in [6.45, 7) is 5.01. The van der Waals surface area contributed by atoms with Crippen molar-refractivity contribution >= 4 is 29.6 Å². The van der Waals surface area contributed by atoms with Crippen LogP contribution in [0.2, 0.25) is 0 Å². The molecule has 4 amide bonds. The first-order valence-corrected chi connectivity index (χ1v) is 11.1. The molecule has 5 atom stereocenters. The lowest BCUT2D eigenvalue weighted by molar-refractivity contribution is -0.143. The molecule has 1 aromatic heterocycles. The first-order valence-electron chi connectivity index (χ1n) is 11.1. The van der Waals surface area contributed by atoms with Gasteiger partial charge in [0.25, 0.3) is 0 Å². The molecule has 14 heteroatoms. The number of nitrogens with two attached hydrogens (primary N) is 2. The number of aromatic nitrogens is 2. The van der Waals surface area contributed by atoms with Gasteiger partial charge in [-0.3, -0.25) is 19.2 Å². The Balaban J connectivity index is 3.00. The Morgan fingerprint density at radius 1 is 1.03 bits per heavy atom. The highest BCUT2D eigenvalue weighted by Crippen LogP contribution is 2.06. The van der Waals surface area contributed by atoms with E-state index in [1.807, 2.05) is 13.8 Å². The number of nitrogens with zero attached hydrogens (tertiary/aromatic N) is 1. The molecular formula is C21H35N7O7. The smallest absolute Gasteiger partial charge is 0.326 e. The highest BCUT2D eigenvalue weighted by molar-refractivity contribution is 5.94. The zero-order valence-electron chi connectivity index (χ0n) is 20.0. The fourth-order valence-corrected chi connectivity index (χ4v) is 3.18. The number of aromatic amines is 1. The lowest BCUT2D eigenvalue weighted by Crippen LogP contribution is -2.60. The minimum atomic E-state index is -1.55. The molecule has 0 aromatic carbocycles. The van der Waals surface area contributed by atoms with E-state index in [9.17, 15) is 34.2 Å². The van der Waals surface area contributed by atoms with Gasteiger partial charge in [0.2, 0.25) is 23.6 Å². The third-order valence-electron chi connectivity index (χ3n) is 5.03. The first kappa shape index (κ1) is 29.5. The van der Waals surface area contributed by atoms with Gasteiger partial charge in [0.05, 0.1) is 18.5 Å². The van der Waals surface area contributed by atoms with Crippen molar-refractivity contribution in [3.05, 3.63) is 18.2 Å². The van der Waals surface area contributed by atoms with E-state index in [1.54, 1.807) is 0 Å². The van der Waals surface area contributed by atoms with Crippen LogP contribution in [0, 0.1) is 5.92 Å². The molecule has 0 bridgehead atoms. The largest absolute Gasteiger partial charge is 0.480 e. The predicted octanol–water partition coefficient (Wildman–Crippen LogP) is -2.49. The number of rotatable bonds is 15. The number of carbonyl (C=O) groups is 5. The minimum Gasteiger partial charge on any atom is -0.480 e. The van der Waals surface area contributed by atoms with Crippen LogP contribution in [0.5, 0.6) is 0 Å². The number of aliphatic carboxylic acids is 1. The van der Waals surface area contributed by atoms with Gasteiger partial charge in [-0.15, -0.1) is 0 Å². The fraction of sp³-hybridized carbons (Fsp3) is 0.619. The van der Waals surface area contributed by atoms with Gasteiger partial charge in [0, 0.05) is 24.7 Å². The van der Waals surface area contributed by atoms with E-state index < -0.39 is 59.9 Å². The van der Waals surface area contributed by atoms with Crippen LogP contribution >= 0.6 is 0 Å². The van der Waals surface area contributed by atoms with Gasteiger partial charge >= 0.3 is 5.97 Å². The maximum atomic E-state index is 13.0. The molecule has 1 heterocycles. The Morgan fingerprint density at radius 2 is 1.66 bits per heavy atom. The van der Waals surface area contributed by atoms with Crippen molar-refractivity contribution in [2.75, 3.05) is 0 Å². The maximum Gasteiger partial charge on any atom is 0.326 e. The lowest BCUT2D eigenvalue weighted by atomic mass is 10.0. The third kappa shape index (κ3) is 10.5. The van der Waals surface area contributed by atoms with Gasteiger partial charge in [-0.25, -0.2) is 9.78 Å². The van der Waals surface area contributed by atoms with E-state index in [0.717, 1.165) is 0 Å². The molecule has 0 fully saturated rings. The number of hydrogen-bond acceptors (Lipinski definition) is 8. The predicted molar refractivity (Wildman–Crippen MR) is 123 cm³/mol. The van der Waals surface area contributed by atoms with Gasteiger partial charge in [-0.2, -0.15) is 0 Å². The van der Waals surface area contributed by atoms with E-state index in [2.05, 4.69) is 25.9 Å². The standard InChI is InChI=1S/C21H35N7O7/c1-10(2)6-13(22)18(31)27-15(7-12-8-24-9-25-12)19(32)28-17(11(3)29)20(33)26-14(21(34)35)4-5-16(23)30/h8-11,13-15,17,29H,4-7,22H2,1-3H3,(H2,23,30)(H,24,25)(H,26,33)(H,27,31)(H,28,32)(H,34,35). The summed E-state index contributed by atoms with van der Waals surface area (Å²) in [6, 6.07) is -5.07. The summed E-state index contributed by atoms with van der Waals surface area (Å²) < 4.78 is 0. The summed E-state index contributed by atoms with van der Waals surface area (Å²) in [5, 5.41) is 26.5. The molecule has 1 aromatic rings. The number of nitrogens with one attached hydrogen (secondary N) is 4. The molecule has 0 saturated heterocycles. The molecule has 5 unspecified atom stereocenters. The fourth-order valence-electron chi connectivity index (χ4n) is 3.18. The summed E-state index contributed by atoms with van der Waals surface area (Å²) in [6.07, 6.45) is 1.22. The summed E-state index contributed by atoms with van der Waals surface area (Å²) in [4.78, 5) is 67.3. The van der Waals surface area contributed by atoms with Gasteiger partial charge in [0.1, 0.15) is 18.1 Å². The zero-order chi connectivity index (χ0) is 26.7. The molecule has 10 N–H and O–H groups in total. The molecule has 1 rings (SSSR count). The number of primary amides is 1. The molecule has 14 nitrogen and oxygen atoms in total. The molecular weight excluding hydrogens is 462 g/mol. The average molecular weight is 498 g/mol. The number of hydrogen-bond donors (Lipinski definition) is 8. The van der Waals surface area contributed by atoms with E-state index >= 15 is 0 Å². The van der Waals surface area contributed by atoms with E-state index in [1.165, 1.54) is 19.4 Å². The molecule has 0 spiro atoms. The van der Waals surface area contributed by atoms with Crippen molar-refractivity contribution in [2.24, 2.45) is 17.4 Å². The lowest BCUT2D eigenvalue weighted by Gasteiger charge is -2.26. The van der Waals surface area contributed by atoms with Crippen LogP contribution in [0.15, 0.2) is 12.5 Å². The number of aliphatic hydroxyl groups is 1. The molecule has 0 radical (unpaired) electrons. The van der Waals surface area contributed by atoms with Crippen molar-refractivity contribution in [1.29, 1.82) is 0 Å². The van der Waals surface area contributed by atoms with Crippen LogP contribution in [0.4, 0.5) is 0 Å². The second kappa shape index (κ2) is 14.0. The van der Waals surface area contributed by atoms with Crippen LogP contribution in [-0.2, 0) is 30.4 Å². The van der Waals surface area contributed by atoms with Crippen molar-refractivity contribution in [1.82, 2.24) is 25.9 Å². The number of carboxylic acids is 1. The molecule has 0 saturated carbocycles. The monoisotopic (exact) mass is 497 g/mol. The number of imidazole rings is 1. The molecule has 196 valence electrons.